The molecule has 3 heteroatoms. The first-order valence-corrected chi connectivity index (χ1v) is 9.32. The molecule has 0 radical (unpaired) electrons. The highest BCUT2D eigenvalue weighted by Crippen LogP contribution is 2.30. The zero-order valence-corrected chi connectivity index (χ0v) is 14.3. The number of amides is 1. The molecule has 3 rings (SSSR count). The van der Waals surface area contributed by atoms with Gasteiger partial charge in [-0.25, -0.2) is 0 Å². The molecule has 1 N–H and O–H groups in total. The Balaban J connectivity index is 1.57. The molecule has 1 amide bonds. The van der Waals surface area contributed by atoms with E-state index in [2.05, 4.69) is 41.7 Å². The summed E-state index contributed by atoms with van der Waals surface area (Å²) in [5.74, 6) is 1.02. The van der Waals surface area contributed by atoms with Crippen LogP contribution < -0.4 is 5.32 Å². The molecular weight excluding hydrogens is 302 g/mol. The Bertz CT molecular complexity index is 656. The first-order chi connectivity index (χ1) is 11.2. The lowest BCUT2D eigenvalue weighted by molar-refractivity contribution is -0.121. The van der Waals surface area contributed by atoms with Gasteiger partial charge in [-0.3, -0.25) is 4.79 Å². The quantitative estimate of drug-likeness (QED) is 0.877. The van der Waals surface area contributed by atoms with Crippen molar-refractivity contribution in [3.05, 3.63) is 71.3 Å². The lowest BCUT2D eigenvalue weighted by Crippen LogP contribution is -2.35. The average Bonchev–Trinajstić information content (AvgIpc) is 2.61. The highest BCUT2D eigenvalue weighted by Gasteiger charge is 2.23. The van der Waals surface area contributed by atoms with Gasteiger partial charge in [0.15, 0.2) is 0 Å². The van der Waals surface area contributed by atoms with E-state index in [0.717, 1.165) is 25.0 Å². The number of nitrogens with one attached hydrogen (secondary N) is 1. The maximum Gasteiger partial charge on any atom is 0.233 e. The van der Waals surface area contributed by atoms with E-state index in [-0.39, 0.29) is 17.2 Å². The molecule has 0 fully saturated rings. The third kappa shape index (κ3) is 4.17. The van der Waals surface area contributed by atoms with Gasteiger partial charge < -0.3 is 5.32 Å². The van der Waals surface area contributed by atoms with E-state index in [1.807, 2.05) is 25.1 Å². The third-order valence-electron chi connectivity index (χ3n) is 4.40. The SMILES string of the molecule is C[C@H](SCc1ccccc1)C(=O)N[C@H]1CCCc2ccccc21. The molecule has 2 nitrogen and oxygen atoms in total. The number of rotatable bonds is 5. The van der Waals surface area contributed by atoms with Gasteiger partial charge in [-0.1, -0.05) is 54.6 Å². The number of fused-ring (bicyclic) bond motifs is 1. The molecule has 0 saturated heterocycles. The molecule has 2 aromatic carbocycles. The summed E-state index contributed by atoms with van der Waals surface area (Å²) in [6.07, 6.45) is 3.31. The number of aryl methyl sites for hydroxylation is 1. The molecule has 2 atom stereocenters. The molecule has 120 valence electrons. The number of carbonyl (C=O) groups excluding carboxylic acids is 1. The number of benzene rings is 2. The van der Waals surface area contributed by atoms with E-state index in [1.165, 1.54) is 16.7 Å². The molecule has 0 spiro atoms. The summed E-state index contributed by atoms with van der Waals surface area (Å²) in [4.78, 5) is 12.5. The second-order valence-electron chi connectivity index (χ2n) is 6.09. The van der Waals surface area contributed by atoms with Crippen LogP contribution in [0.3, 0.4) is 0 Å². The van der Waals surface area contributed by atoms with Gasteiger partial charge in [0.2, 0.25) is 5.91 Å². The molecule has 23 heavy (non-hydrogen) atoms. The van der Waals surface area contributed by atoms with Gasteiger partial charge >= 0.3 is 0 Å². The Morgan fingerprint density at radius 1 is 1.17 bits per heavy atom. The Hall–Kier alpha value is -1.74. The predicted octanol–water partition coefficient (Wildman–Crippen LogP) is 4.50. The van der Waals surface area contributed by atoms with Crippen LogP contribution in [0.5, 0.6) is 0 Å². The van der Waals surface area contributed by atoms with Crippen LogP contribution in [0.15, 0.2) is 54.6 Å². The minimum atomic E-state index is -0.0377. The molecule has 0 heterocycles. The first kappa shape index (κ1) is 16.1. The highest BCUT2D eigenvalue weighted by molar-refractivity contribution is 7.99. The molecule has 0 aliphatic heterocycles. The Labute approximate surface area is 142 Å². The Morgan fingerprint density at radius 2 is 1.91 bits per heavy atom. The molecular formula is C20H23NOS. The van der Waals surface area contributed by atoms with Gasteiger partial charge in [0.05, 0.1) is 11.3 Å². The van der Waals surface area contributed by atoms with Gasteiger partial charge in [-0.05, 0) is 42.9 Å². The summed E-state index contributed by atoms with van der Waals surface area (Å²) in [6, 6.07) is 19.0. The summed E-state index contributed by atoms with van der Waals surface area (Å²) in [5.41, 5.74) is 3.95. The normalized spacial score (nSPS) is 18.0. The van der Waals surface area contributed by atoms with Gasteiger partial charge in [0.1, 0.15) is 0 Å². The summed E-state index contributed by atoms with van der Waals surface area (Å²) in [5, 5.41) is 3.21. The topological polar surface area (TPSA) is 29.1 Å². The maximum absolute atomic E-state index is 12.5. The van der Waals surface area contributed by atoms with Crippen molar-refractivity contribution in [2.24, 2.45) is 0 Å². The van der Waals surface area contributed by atoms with Crippen molar-refractivity contribution < 1.29 is 4.79 Å². The molecule has 0 aromatic heterocycles. The smallest absolute Gasteiger partial charge is 0.233 e. The van der Waals surface area contributed by atoms with E-state index in [4.69, 9.17) is 0 Å². The summed E-state index contributed by atoms with van der Waals surface area (Å²) in [7, 11) is 0. The monoisotopic (exact) mass is 325 g/mol. The first-order valence-electron chi connectivity index (χ1n) is 8.28. The predicted molar refractivity (Wildman–Crippen MR) is 97.5 cm³/mol. The standard InChI is InChI=1S/C20H23NOS/c1-15(23-14-16-8-3-2-4-9-16)20(22)21-19-13-7-11-17-10-5-6-12-18(17)19/h2-6,8-10,12,15,19H,7,11,13-14H2,1H3,(H,21,22)/t15-,19-/m0/s1. The van der Waals surface area contributed by atoms with Crippen molar-refractivity contribution in [2.45, 2.75) is 43.2 Å². The highest BCUT2D eigenvalue weighted by atomic mass is 32.2. The van der Waals surface area contributed by atoms with Crippen molar-refractivity contribution in [1.29, 1.82) is 0 Å². The summed E-state index contributed by atoms with van der Waals surface area (Å²) < 4.78 is 0. The zero-order valence-electron chi connectivity index (χ0n) is 13.5. The molecule has 1 aliphatic rings. The van der Waals surface area contributed by atoms with Gasteiger partial charge in [-0.2, -0.15) is 0 Å². The minimum absolute atomic E-state index is 0.0377. The fourth-order valence-electron chi connectivity index (χ4n) is 3.06. The van der Waals surface area contributed by atoms with Crippen LogP contribution in [0.25, 0.3) is 0 Å². The summed E-state index contributed by atoms with van der Waals surface area (Å²) >= 11 is 1.70. The second-order valence-corrected chi connectivity index (χ2v) is 7.42. The fraction of sp³-hybridized carbons (Fsp3) is 0.350. The van der Waals surface area contributed by atoms with Crippen LogP contribution >= 0.6 is 11.8 Å². The average molecular weight is 325 g/mol. The number of carbonyl (C=O) groups is 1. The Morgan fingerprint density at radius 3 is 2.74 bits per heavy atom. The van der Waals surface area contributed by atoms with E-state index in [9.17, 15) is 4.79 Å². The van der Waals surface area contributed by atoms with Crippen LogP contribution in [0.4, 0.5) is 0 Å². The van der Waals surface area contributed by atoms with Crippen molar-refractivity contribution in [1.82, 2.24) is 5.32 Å². The lowest BCUT2D eigenvalue weighted by Gasteiger charge is -2.27. The zero-order chi connectivity index (χ0) is 16.1. The van der Waals surface area contributed by atoms with Crippen LogP contribution in [-0.2, 0) is 17.0 Å². The van der Waals surface area contributed by atoms with E-state index in [0.29, 0.717) is 0 Å². The van der Waals surface area contributed by atoms with Crippen molar-refractivity contribution >= 4 is 17.7 Å². The van der Waals surface area contributed by atoms with Crippen molar-refractivity contribution in [2.75, 3.05) is 0 Å². The van der Waals surface area contributed by atoms with Crippen LogP contribution in [0.2, 0.25) is 0 Å². The number of thioether (sulfide) groups is 1. The molecule has 0 saturated carbocycles. The molecule has 0 unspecified atom stereocenters. The number of hydrogen-bond donors (Lipinski definition) is 1. The van der Waals surface area contributed by atoms with Gasteiger partial charge in [0.25, 0.3) is 0 Å². The summed E-state index contributed by atoms with van der Waals surface area (Å²) in [6.45, 7) is 2.00. The van der Waals surface area contributed by atoms with Crippen molar-refractivity contribution in [3.63, 3.8) is 0 Å². The minimum Gasteiger partial charge on any atom is -0.348 e. The van der Waals surface area contributed by atoms with Crippen molar-refractivity contribution in [3.8, 4) is 0 Å². The van der Waals surface area contributed by atoms with Gasteiger partial charge in [-0.15, -0.1) is 11.8 Å². The fourth-order valence-corrected chi connectivity index (χ4v) is 3.92. The molecule has 1 aliphatic carbocycles. The van der Waals surface area contributed by atoms with E-state index < -0.39 is 0 Å². The van der Waals surface area contributed by atoms with Gasteiger partial charge in [0, 0.05) is 5.75 Å². The number of hydrogen-bond acceptors (Lipinski definition) is 2. The lowest BCUT2D eigenvalue weighted by atomic mass is 9.88. The third-order valence-corrected chi connectivity index (χ3v) is 5.61. The maximum atomic E-state index is 12.5. The van der Waals surface area contributed by atoms with Crippen LogP contribution in [-0.4, -0.2) is 11.2 Å². The Kier molecular flexibility index (Phi) is 5.39. The van der Waals surface area contributed by atoms with Crippen LogP contribution in [0, 0.1) is 0 Å². The molecule has 2 aromatic rings. The van der Waals surface area contributed by atoms with E-state index >= 15 is 0 Å². The molecule has 0 bridgehead atoms. The largest absolute Gasteiger partial charge is 0.348 e. The van der Waals surface area contributed by atoms with Crippen LogP contribution in [0.1, 0.15) is 42.5 Å². The van der Waals surface area contributed by atoms with E-state index in [1.54, 1.807) is 11.8 Å². The second kappa shape index (κ2) is 7.69.